The lowest BCUT2D eigenvalue weighted by atomic mass is 9.83. The molecule has 31 heavy (non-hydrogen) atoms. The topological polar surface area (TPSA) is 88.5 Å². The molecule has 2 aromatic heterocycles. The van der Waals surface area contributed by atoms with Crippen LogP contribution in [0.2, 0.25) is 0 Å². The number of nitrogens with one attached hydrogen (secondary N) is 1. The highest BCUT2D eigenvalue weighted by Crippen LogP contribution is 2.31. The van der Waals surface area contributed by atoms with E-state index in [1.165, 1.54) is 12.7 Å². The number of hydrogen-bond acceptors (Lipinski definition) is 4. The number of aromatic amines is 1. The molecule has 1 fully saturated rings. The minimum absolute atomic E-state index is 0.0697. The Labute approximate surface area is 182 Å². The average molecular weight is 441 g/mol. The molecule has 164 valence electrons. The SMILES string of the molecule is Cc1cc(-c2cc(CS(C)(=O)=O)ccc2CC(=O)C2CCCCC2)n2cc[nH]c(=O)c12. The van der Waals surface area contributed by atoms with Gasteiger partial charge in [-0.25, -0.2) is 8.42 Å². The standard InChI is InChI=1S/C24H28N2O4S/c1-16-12-21(26-11-10-25-24(28)23(16)26)20-13-17(15-31(2,29)30)8-9-19(20)14-22(27)18-6-4-3-5-7-18/h8-13,18H,3-7,14-15H2,1-2H3,(H,25,28). The summed E-state index contributed by atoms with van der Waals surface area (Å²) in [6.07, 6.45) is 10.2. The lowest BCUT2D eigenvalue weighted by Crippen LogP contribution is -2.20. The molecule has 0 aliphatic heterocycles. The number of aromatic nitrogens is 2. The second-order valence-electron chi connectivity index (χ2n) is 8.76. The molecule has 0 atom stereocenters. The Hall–Kier alpha value is -2.67. The van der Waals surface area contributed by atoms with Crippen molar-refractivity contribution >= 4 is 21.1 Å². The quantitative estimate of drug-likeness (QED) is 0.631. The van der Waals surface area contributed by atoms with Crippen molar-refractivity contribution < 1.29 is 13.2 Å². The second kappa shape index (κ2) is 8.46. The molecule has 1 saturated carbocycles. The van der Waals surface area contributed by atoms with Crippen molar-refractivity contribution in [2.24, 2.45) is 5.92 Å². The van der Waals surface area contributed by atoms with Gasteiger partial charge in [-0.3, -0.25) is 9.59 Å². The molecule has 4 rings (SSSR count). The van der Waals surface area contributed by atoms with Crippen LogP contribution in [0.15, 0.2) is 41.5 Å². The maximum Gasteiger partial charge on any atom is 0.272 e. The molecule has 7 heteroatoms. The fraction of sp³-hybridized carbons (Fsp3) is 0.417. The van der Waals surface area contributed by atoms with Crippen LogP contribution in [-0.4, -0.2) is 29.8 Å². The molecular weight excluding hydrogens is 412 g/mol. The summed E-state index contributed by atoms with van der Waals surface area (Å²) in [5.41, 5.74) is 4.33. The number of aryl methyl sites for hydroxylation is 1. The second-order valence-corrected chi connectivity index (χ2v) is 10.9. The van der Waals surface area contributed by atoms with Gasteiger partial charge < -0.3 is 9.38 Å². The van der Waals surface area contributed by atoms with E-state index in [4.69, 9.17) is 0 Å². The van der Waals surface area contributed by atoms with Crippen molar-refractivity contribution in [2.45, 2.75) is 51.2 Å². The maximum atomic E-state index is 13.0. The number of carbonyl (C=O) groups excluding carboxylic acids is 1. The summed E-state index contributed by atoms with van der Waals surface area (Å²) in [5.74, 6) is 0.276. The number of Topliss-reactive ketones (excluding diaryl/α,β-unsaturated/α-hetero) is 1. The van der Waals surface area contributed by atoms with E-state index in [-0.39, 0.29) is 23.0 Å². The van der Waals surface area contributed by atoms with E-state index in [0.29, 0.717) is 17.5 Å². The van der Waals surface area contributed by atoms with Crippen molar-refractivity contribution in [2.75, 3.05) is 6.26 Å². The highest BCUT2D eigenvalue weighted by Gasteiger charge is 2.23. The third-order valence-electron chi connectivity index (χ3n) is 6.18. The smallest absolute Gasteiger partial charge is 0.272 e. The zero-order chi connectivity index (χ0) is 22.2. The van der Waals surface area contributed by atoms with E-state index in [1.54, 1.807) is 18.5 Å². The Bertz CT molecular complexity index is 1290. The van der Waals surface area contributed by atoms with Crippen molar-refractivity contribution in [1.29, 1.82) is 0 Å². The third-order valence-corrected chi connectivity index (χ3v) is 7.04. The van der Waals surface area contributed by atoms with Gasteiger partial charge in [0.25, 0.3) is 5.56 Å². The lowest BCUT2D eigenvalue weighted by molar-refractivity contribution is -0.123. The van der Waals surface area contributed by atoms with E-state index in [0.717, 1.165) is 48.1 Å². The minimum atomic E-state index is -3.20. The molecule has 3 aromatic rings. The van der Waals surface area contributed by atoms with Gasteiger partial charge in [0, 0.05) is 36.6 Å². The third kappa shape index (κ3) is 4.66. The van der Waals surface area contributed by atoms with Gasteiger partial charge in [-0.2, -0.15) is 0 Å². The molecule has 0 bridgehead atoms. The minimum Gasteiger partial charge on any atom is -0.326 e. The summed E-state index contributed by atoms with van der Waals surface area (Å²) in [5, 5.41) is 0. The van der Waals surface area contributed by atoms with Crippen LogP contribution >= 0.6 is 0 Å². The Morgan fingerprint density at radius 2 is 1.90 bits per heavy atom. The predicted molar refractivity (Wildman–Crippen MR) is 122 cm³/mol. The number of benzene rings is 1. The van der Waals surface area contributed by atoms with Gasteiger partial charge in [0.1, 0.15) is 11.3 Å². The summed E-state index contributed by atoms with van der Waals surface area (Å²) in [7, 11) is -3.20. The van der Waals surface area contributed by atoms with Crippen LogP contribution in [0.5, 0.6) is 0 Å². The molecule has 6 nitrogen and oxygen atoms in total. The summed E-state index contributed by atoms with van der Waals surface area (Å²) in [4.78, 5) is 28.1. The number of sulfone groups is 1. The predicted octanol–water partition coefficient (Wildman–Crippen LogP) is 3.84. The van der Waals surface area contributed by atoms with Gasteiger partial charge in [-0.15, -0.1) is 0 Å². The van der Waals surface area contributed by atoms with Gasteiger partial charge in [0.05, 0.1) is 11.4 Å². The summed E-state index contributed by atoms with van der Waals surface area (Å²) < 4.78 is 25.6. The van der Waals surface area contributed by atoms with Crippen LogP contribution < -0.4 is 5.56 Å². The molecule has 2 heterocycles. The van der Waals surface area contributed by atoms with E-state index in [9.17, 15) is 18.0 Å². The van der Waals surface area contributed by atoms with E-state index < -0.39 is 9.84 Å². The largest absolute Gasteiger partial charge is 0.326 e. The van der Waals surface area contributed by atoms with Crippen molar-refractivity contribution in [3.63, 3.8) is 0 Å². The zero-order valence-corrected chi connectivity index (χ0v) is 18.8. The van der Waals surface area contributed by atoms with Crippen LogP contribution in [0.4, 0.5) is 0 Å². The first-order chi connectivity index (χ1) is 14.7. The van der Waals surface area contributed by atoms with E-state index >= 15 is 0 Å². The maximum absolute atomic E-state index is 13.0. The normalized spacial score (nSPS) is 15.4. The van der Waals surface area contributed by atoms with Gasteiger partial charge in [-0.05, 0) is 48.6 Å². The lowest BCUT2D eigenvalue weighted by Gasteiger charge is -2.21. The Morgan fingerprint density at radius 3 is 2.61 bits per heavy atom. The van der Waals surface area contributed by atoms with Crippen molar-refractivity contribution in [3.05, 3.63) is 63.7 Å². The first kappa shape index (κ1) is 21.6. The molecule has 1 aliphatic rings. The zero-order valence-electron chi connectivity index (χ0n) is 18.0. The number of nitrogens with zero attached hydrogens (tertiary/aromatic N) is 1. The van der Waals surface area contributed by atoms with Gasteiger partial charge in [0.2, 0.25) is 0 Å². The van der Waals surface area contributed by atoms with E-state index in [1.807, 2.05) is 29.5 Å². The molecule has 0 spiro atoms. The molecule has 0 saturated heterocycles. The first-order valence-electron chi connectivity index (χ1n) is 10.7. The molecule has 1 aromatic carbocycles. The van der Waals surface area contributed by atoms with E-state index in [2.05, 4.69) is 4.98 Å². The number of H-pyrrole nitrogens is 1. The van der Waals surface area contributed by atoms with Crippen LogP contribution in [0.25, 0.3) is 16.8 Å². The highest BCUT2D eigenvalue weighted by molar-refractivity contribution is 7.89. The monoisotopic (exact) mass is 440 g/mol. The molecular formula is C24H28N2O4S. The number of rotatable bonds is 6. The van der Waals surface area contributed by atoms with Gasteiger partial charge >= 0.3 is 0 Å². The number of fused-ring (bicyclic) bond motifs is 1. The Balaban J connectivity index is 1.82. The highest BCUT2D eigenvalue weighted by atomic mass is 32.2. The Kier molecular flexibility index (Phi) is 5.88. The van der Waals surface area contributed by atoms with Gasteiger partial charge in [-0.1, -0.05) is 31.4 Å². The summed E-state index contributed by atoms with van der Waals surface area (Å²) >= 11 is 0. The Morgan fingerprint density at radius 1 is 1.16 bits per heavy atom. The molecule has 1 aliphatic carbocycles. The van der Waals surface area contributed by atoms with Crippen LogP contribution in [-0.2, 0) is 26.8 Å². The van der Waals surface area contributed by atoms with Crippen LogP contribution in [0, 0.1) is 12.8 Å². The van der Waals surface area contributed by atoms with Gasteiger partial charge in [0.15, 0.2) is 9.84 Å². The molecule has 1 N–H and O–H groups in total. The number of hydrogen-bond donors (Lipinski definition) is 1. The molecule has 0 amide bonds. The molecule has 0 unspecified atom stereocenters. The summed E-state index contributed by atoms with van der Waals surface area (Å²) in [6.45, 7) is 1.88. The average Bonchev–Trinajstić information content (AvgIpc) is 3.06. The van der Waals surface area contributed by atoms with Crippen molar-refractivity contribution in [3.8, 4) is 11.3 Å². The van der Waals surface area contributed by atoms with Crippen LogP contribution in [0.1, 0.15) is 48.8 Å². The van der Waals surface area contributed by atoms with Crippen molar-refractivity contribution in [1.82, 2.24) is 9.38 Å². The number of carbonyl (C=O) groups is 1. The first-order valence-corrected chi connectivity index (χ1v) is 12.8. The fourth-order valence-electron chi connectivity index (χ4n) is 4.73. The van der Waals surface area contributed by atoms with Crippen LogP contribution in [0.3, 0.4) is 0 Å². The summed E-state index contributed by atoms with van der Waals surface area (Å²) in [6, 6.07) is 7.45. The molecule has 0 radical (unpaired) electrons. The fourth-order valence-corrected chi connectivity index (χ4v) is 5.51. The number of ketones is 1.